The second-order valence-electron chi connectivity index (χ2n) is 5.13. The zero-order chi connectivity index (χ0) is 13.8. The number of ether oxygens (including phenoxy) is 1. The first-order chi connectivity index (χ1) is 9.11. The minimum Gasteiger partial charge on any atom is -0.496 e. The maximum Gasteiger partial charge on any atom is 0.237 e. The molecule has 1 atom stereocenters. The maximum absolute atomic E-state index is 11.9. The molecule has 1 aliphatic rings. The molecule has 1 fully saturated rings. The molecule has 19 heavy (non-hydrogen) atoms. The predicted molar refractivity (Wildman–Crippen MR) is 75.3 cm³/mol. The van der Waals surface area contributed by atoms with E-state index in [-0.39, 0.29) is 11.9 Å². The van der Waals surface area contributed by atoms with Gasteiger partial charge >= 0.3 is 0 Å². The number of amides is 1. The number of carbonyl (C=O) groups is 1. The number of methoxy groups -OCH3 is 1. The van der Waals surface area contributed by atoms with Crippen LogP contribution >= 0.6 is 0 Å². The molecule has 0 saturated carbocycles. The maximum atomic E-state index is 11.9. The highest BCUT2D eigenvalue weighted by molar-refractivity contribution is 5.82. The molecule has 0 spiro atoms. The lowest BCUT2D eigenvalue weighted by Crippen LogP contribution is -2.40. The van der Waals surface area contributed by atoms with Gasteiger partial charge in [0.25, 0.3) is 0 Å². The molecule has 1 aromatic rings. The van der Waals surface area contributed by atoms with Crippen LogP contribution in [0.1, 0.15) is 29.5 Å². The second-order valence-corrected chi connectivity index (χ2v) is 5.13. The summed E-state index contributed by atoms with van der Waals surface area (Å²) >= 11 is 0. The normalized spacial score (nSPS) is 18.4. The van der Waals surface area contributed by atoms with Crippen molar-refractivity contribution in [3.8, 4) is 5.75 Å². The highest BCUT2D eigenvalue weighted by Crippen LogP contribution is 2.24. The van der Waals surface area contributed by atoms with Gasteiger partial charge in [0.2, 0.25) is 5.91 Å². The summed E-state index contributed by atoms with van der Waals surface area (Å²) in [6.07, 6.45) is 2.02. The molecule has 4 heteroatoms. The molecule has 1 heterocycles. The summed E-state index contributed by atoms with van der Waals surface area (Å²) in [7, 11) is 1.68. The highest BCUT2D eigenvalue weighted by atomic mass is 16.5. The Kier molecular flexibility index (Phi) is 4.43. The fourth-order valence-electron chi connectivity index (χ4n) is 2.68. The van der Waals surface area contributed by atoms with E-state index in [4.69, 9.17) is 4.74 Å². The van der Waals surface area contributed by atoms with Crippen LogP contribution in [0.25, 0.3) is 0 Å². The van der Waals surface area contributed by atoms with Crippen molar-refractivity contribution in [2.45, 2.75) is 39.3 Å². The van der Waals surface area contributed by atoms with E-state index in [2.05, 4.69) is 22.8 Å². The Labute approximate surface area is 114 Å². The van der Waals surface area contributed by atoms with Crippen LogP contribution in [0.5, 0.6) is 5.75 Å². The summed E-state index contributed by atoms with van der Waals surface area (Å²) in [6.45, 7) is 5.56. The number of hydrogen-bond donors (Lipinski definition) is 2. The number of nitrogens with one attached hydrogen (secondary N) is 2. The summed E-state index contributed by atoms with van der Waals surface area (Å²) in [5.41, 5.74) is 3.32. The van der Waals surface area contributed by atoms with Gasteiger partial charge in [-0.2, -0.15) is 0 Å². The predicted octanol–water partition coefficient (Wildman–Crippen LogP) is 1.68. The van der Waals surface area contributed by atoms with Gasteiger partial charge in [0.05, 0.1) is 13.2 Å². The van der Waals surface area contributed by atoms with Crippen molar-refractivity contribution in [2.24, 2.45) is 0 Å². The Balaban J connectivity index is 1.97. The van der Waals surface area contributed by atoms with E-state index in [0.29, 0.717) is 6.54 Å². The summed E-state index contributed by atoms with van der Waals surface area (Å²) in [5.74, 6) is 1.02. The van der Waals surface area contributed by atoms with Crippen molar-refractivity contribution in [3.05, 3.63) is 28.8 Å². The molecular formula is C15H22N2O2. The minimum absolute atomic E-state index is 0.0135. The zero-order valence-electron chi connectivity index (χ0n) is 11.9. The summed E-state index contributed by atoms with van der Waals surface area (Å²) < 4.78 is 5.34. The molecule has 2 N–H and O–H groups in total. The first-order valence-corrected chi connectivity index (χ1v) is 6.77. The monoisotopic (exact) mass is 262 g/mol. The van der Waals surface area contributed by atoms with Gasteiger partial charge in [-0.25, -0.2) is 0 Å². The Bertz CT molecular complexity index is 442. The van der Waals surface area contributed by atoms with E-state index in [1.54, 1.807) is 7.11 Å². The van der Waals surface area contributed by atoms with Gasteiger partial charge in [-0.3, -0.25) is 4.79 Å². The SMILES string of the molecule is COc1c(C)cc(CNC(=O)C2CCCN2)cc1C. The van der Waals surface area contributed by atoms with E-state index >= 15 is 0 Å². The molecule has 0 bridgehead atoms. The van der Waals surface area contributed by atoms with Gasteiger partial charge in [-0.15, -0.1) is 0 Å². The van der Waals surface area contributed by atoms with Gasteiger partial charge in [0, 0.05) is 6.54 Å². The second kappa shape index (κ2) is 6.06. The molecule has 4 nitrogen and oxygen atoms in total. The van der Waals surface area contributed by atoms with Crippen LogP contribution < -0.4 is 15.4 Å². The van der Waals surface area contributed by atoms with Gasteiger partial charge in [-0.1, -0.05) is 12.1 Å². The van der Waals surface area contributed by atoms with Crippen molar-refractivity contribution in [2.75, 3.05) is 13.7 Å². The third-order valence-electron chi connectivity index (χ3n) is 3.57. The molecule has 1 aromatic carbocycles. The molecule has 1 aliphatic heterocycles. The molecule has 1 unspecified atom stereocenters. The van der Waals surface area contributed by atoms with E-state index in [9.17, 15) is 4.79 Å². The van der Waals surface area contributed by atoms with Crippen molar-refractivity contribution < 1.29 is 9.53 Å². The topological polar surface area (TPSA) is 50.4 Å². The Morgan fingerprint density at radius 1 is 1.42 bits per heavy atom. The van der Waals surface area contributed by atoms with Crippen LogP contribution in [0, 0.1) is 13.8 Å². The van der Waals surface area contributed by atoms with Gasteiger partial charge in [-0.05, 0) is 49.9 Å². The van der Waals surface area contributed by atoms with Crippen molar-refractivity contribution in [1.29, 1.82) is 0 Å². The first-order valence-electron chi connectivity index (χ1n) is 6.77. The molecule has 1 amide bonds. The lowest BCUT2D eigenvalue weighted by atomic mass is 10.1. The fraction of sp³-hybridized carbons (Fsp3) is 0.533. The van der Waals surface area contributed by atoms with Crippen LogP contribution in [0.3, 0.4) is 0 Å². The van der Waals surface area contributed by atoms with Gasteiger partial charge in [0.15, 0.2) is 0 Å². The number of rotatable bonds is 4. The number of aryl methyl sites for hydroxylation is 2. The third-order valence-corrected chi connectivity index (χ3v) is 3.57. The average molecular weight is 262 g/mol. The quantitative estimate of drug-likeness (QED) is 0.868. The highest BCUT2D eigenvalue weighted by Gasteiger charge is 2.21. The zero-order valence-corrected chi connectivity index (χ0v) is 11.9. The van der Waals surface area contributed by atoms with E-state index in [0.717, 1.165) is 41.8 Å². The molecule has 0 radical (unpaired) electrons. The molecule has 1 saturated heterocycles. The Morgan fingerprint density at radius 2 is 2.11 bits per heavy atom. The summed E-state index contributed by atoms with van der Waals surface area (Å²) in [5, 5.41) is 6.19. The molecule has 0 aliphatic carbocycles. The van der Waals surface area contributed by atoms with E-state index < -0.39 is 0 Å². The van der Waals surface area contributed by atoms with Crippen LogP contribution in [0.15, 0.2) is 12.1 Å². The van der Waals surface area contributed by atoms with Crippen LogP contribution in [0.2, 0.25) is 0 Å². The van der Waals surface area contributed by atoms with Gasteiger partial charge in [0.1, 0.15) is 5.75 Å². The lowest BCUT2D eigenvalue weighted by Gasteiger charge is -2.14. The smallest absolute Gasteiger partial charge is 0.237 e. The largest absolute Gasteiger partial charge is 0.496 e. The van der Waals surface area contributed by atoms with Crippen molar-refractivity contribution in [1.82, 2.24) is 10.6 Å². The first kappa shape index (κ1) is 13.9. The standard InChI is InChI=1S/C15H22N2O2/c1-10-7-12(8-11(2)14(10)19-3)9-17-15(18)13-5-4-6-16-13/h7-8,13,16H,4-6,9H2,1-3H3,(H,17,18). The summed E-state index contributed by atoms with van der Waals surface area (Å²) in [4.78, 5) is 11.9. The average Bonchev–Trinajstić information content (AvgIpc) is 2.89. The lowest BCUT2D eigenvalue weighted by molar-refractivity contribution is -0.122. The van der Waals surface area contributed by atoms with E-state index in [1.807, 2.05) is 13.8 Å². The summed E-state index contributed by atoms with van der Waals surface area (Å²) in [6, 6.07) is 4.11. The molecule has 104 valence electrons. The Morgan fingerprint density at radius 3 is 2.63 bits per heavy atom. The minimum atomic E-state index is -0.0135. The van der Waals surface area contributed by atoms with E-state index in [1.165, 1.54) is 0 Å². The van der Waals surface area contributed by atoms with Crippen LogP contribution in [-0.2, 0) is 11.3 Å². The molecule has 2 rings (SSSR count). The number of hydrogen-bond acceptors (Lipinski definition) is 3. The fourth-order valence-corrected chi connectivity index (χ4v) is 2.68. The van der Waals surface area contributed by atoms with Crippen molar-refractivity contribution >= 4 is 5.91 Å². The molecule has 0 aromatic heterocycles. The number of carbonyl (C=O) groups excluding carboxylic acids is 1. The van der Waals surface area contributed by atoms with Crippen LogP contribution in [-0.4, -0.2) is 25.6 Å². The van der Waals surface area contributed by atoms with Crippen molar-refractivity contribution in [3.63, 3.8) is 0 Å². The number of benzene rings is 1. The molecular weight excluding hydrogens is 240 g/mol. The third kappa shape index (κ3) is 3.26. The van der Waals surface area contributed by atoms with Gasteiger partial charge < -0.3 is 15.4 Å². The van der Waals surface area contributed by atoms with Crippen LogP contribution in [0.4, 0.5) is 0 Å². The Hall–Kier alpha value is -1.55.